The fourth-order valence-electron chi connectivity index (χ4n) is 2.87. The molecule has 2 heterocycles. The van der Waals surface area contributed by atoms with E-state index in [4.69, 9.17) is 10.00 Å². The SMILES string of the molecule is C[C@@H](CC#CCN1CCCC[C@H]1c1cccnc1)OCCC#N. The first kappa shape index (κ1) is 17.5. The summed E-state index contributed by atoms with van der Waals surface area (Å²) in [6, 6.07) is 6.69. The number of hydrogen-bond donors (Lipinski definition) is 0. The van der Waals surface area contributed by atoms with Crippen molar-refractivity contribution in [2.24, 2.45) is 0 Å². The first-order valence-corrected chi connectivity index (χ1v) is 8.39. The zero-order valence-corrected chi connectivity index (χ0v) is 13.9. The quantitative estimate of drug-likeness (QED) is 0.597. The van der Waals surface area contributed by atoms with Crippen LogP contribution in [0.3, 0.4) is 0 Å². The summed E-state index contributed by atoms with van der Waals surface area (Å²) in [5.41, 5.74) is 1.29. The molecule has 0 spiro atoms. The molecule has 1 aliphatic rings. The molecule has 1 aromatic rings. The van der Waals surface area contributed by atoms with Crippen LogP contribution in [0.2, 0.25) is 0 Å². The molecule has 0 aromatic carbocycles. The molecule has 2 rings (SSSR count). The second kappa shape index (κ2) is 10.0. The fourth-order valence-corrected chi connectivity index (χ4v) is 2.87. The topological polar surface area (TPSA) is 49.2 Å². The third-order valence-corrected chi connectivity index (χ3v) is 4.10. The number of rotatable bonds is 6. The molecule has 0 amide bonds. The lowest BCUT2D eigenvalue weighted by Crippen LogP contribution is -2.33. The van der Waals surface area contributed by atoms with Crippen molar-refractivity contribution < 1.29 is 4.74 Å². The van der Waals surface area contributed by atoms with E-state index < -0.39 is 0 Å². The molecule has 1 fully saturated rings. The fraction of sp³-hybridized carbons (Fsp3) is 0.579. The minimum absolute atomic E-state index is 0.0892. The van der Waals surface area contributed by atoms with E-state index in [2.05, 4.69) is 33.9 Å². The first-order chi connectivity index (χ1) is 11.3. The van der Waals surface area contributed by atoms with Crippen molar-refractivity contribution in [1.82, 2.24) is 9.88 Å². The number of hydrogen-bond acceptors (Lipinski definition) is 4. The van der Waals surface area contributed by atoms with Gasteiger partial charge in [0.25, 0.3) is 0 Å². The molecule has 0 saturated carbocycles. The standard InChI is InChI=1S/C19H25N3O/c1-17(23-15-7-11-20)8-2-4-13-22-14-5-3-10-19(22)18-9-6-12-21-16-18/h6,9,12,16-17,19H,3,5,7-8,10,13-15H2,1H3/t17-,19-/m0/s1. The van der Waals surface area contributed by atoms with Crippen molar-refractivity contribution in [3.8, 4) is 17.9 Å². The summed E-state index contributed by atoms with van der Waals surface area (Å²) in [4.78, 5) is 6.70. The lowest BCUT2D eigenvalue weighted by atomic mass is 9.96. The minimum Gasteiger partial charge on any atom is -0.376 e. The molecule has 2 atom stereocenters. The van der Waals surface area contributed by atoms with Crippen LogP contribution in [0.4, 0.5) is 0 Å². The average molecular weight is 311 g/mol. The van der Waals surface area contributed by atoms with Crippen molar-refractivity contribution in [3.63, 3.8) is 0 Å². The molecule has 1 saturated heterocycles. The molecule has 23 heavy (non-hydrogen) atoms. The molecule has 4 heteroatoms. The normalized spacial score (nSPS) is 19.4. The maximum absolute atomic E-state index is 8.49. The molecule has 0 unspecified atom stereocenters. The third kappa shape index (κ3) is 6.02. The van der Waals surface area contributed by atoms with Crippen LogP contribution in [0, 0.1) is 23.2 Å². The summed E-state index contributed by atoms with van der Waals surface area (Å²) in [7, 11) is 0. The summed E-state index contributed by atoms with van der Waals surface area (Å²) in [6.07, 6.45) is 8.74. The van der Waals surface area contributed by atoms with Crippen LogP contribution in [0.15, 0.2) is 24.5 Å². The number of ether oxygens (including phenoxy) is 1. The number of likely N-dealkylation sites (tertiary alicyclic amines) is 1. The number of aromatic nitrogens is 1. The number of pyridine rings is 1. The van der Waals surface area contributed by atoms with Crippen LogP contribution in [-0.4, -0.2) is 35.7 Å². The Kier molecular flexibility index (Phi) is 7.60. The van der Waals surface area contributed by atoms with E-state index in [1.165, 1.54) is 24.8 Å². The summed E-state index contributed by atoms with van der Waals surface area (Å²) in [5, 5.41) is 8.49. The van der Waals surface area contributed by atoms with Gasteiger partial charge in [-0.2, -0.15) is 5.26 Å². The van der Waals surface area contributed by atoms with Crippen LogP contribution in [0.1, 0.15) is 50.6 Å². The van der Waals surface area contributed by atoms with E-state index in [9.17, 15) is 0 Å². The van der Waals surface area contributed by atoms with Crippen molar-refractivity contribution in [3.05, 3.63) is 30.1 Å². The number of nitriles is 1. The molecular weight excluding hydrogens is 286 g/mol. The van der Waals surface area contributed by atoms with E-state index in [0.717, 1.165) is 19.5 Å². The van der Waals surface area contributed by atoms with Gasteiger partial charge in [-0.25, -0.2) is 0 Å². The molecule has 0 aliphatic carbocycles. The van der Waals surface area contributed by atoms with Crippen LogP contribution in [-0.2, 0) is 4.74 Å². The van der Waals surface area contributed by atoms with E-state index in [1.807, 2.05) is 25.4 Å². The third-order valence-electron chi connectivity index (χ3n) is 4.10. The number of nitrogens with zero attached hydrogens (tertiary/aromatic N) is 3. The largest absolute Gasteiger partial charge is 0.376 e. The van der Waals surface area contributed by atoms with Crippen LogP contribution < -0.4 is 0 Å². The Morgan fingerprint density at radius 1 is 1.43 bits per heavy atom. The average Bonchev–Trinajstić information content (AvgIpc) is 2.60. The molecule has 4 nitrogen and oxygen atoms in total. The number of piperidine rings is 1. The van der Waals surface area contributed by atoms with Crippen LogP contribution >= 0.6 is 0 Å². The van der Waals surface area contributed by atoms with E-state index in [1.54, 1.807) is 0 Å². The van der Waals surface area contributed by atoms with Gasteiger partial charge in [0.05, 0.1) is 31.7 Å². The zero-order valence-electron chi connectivity index (χ0n) is 13.9. The monoisotopic (exact) mass is 311 g/mol. The van der Waals surface area contributed by atoms with E-state index in [-0.39, 0.29) is 6.10 Å². The Morgan fingerprint density at radius 2 is 2.35 bits per heavy atom. The predicted octanol–water partition coefficient (Wildman–Crippen LogP) is 3.32. The van der Waals surface area contributed by atoms with Gasteiger partial charge in [0, 0.05) is 24.9 Å². The van der Waals surface area contributed by atoms with Crippen molar-refractivity contribution >= 4 is 0 Å². The Bertz CT molecular complexity index is 555. The highest BCUT2D eigenvalue weighted by Gasteiger charge is 2.22. The van der Waals surface area contributed by atoms with Crippen molar-refractivity contribution in [2.75, 3.05) is 19.7 Å². The van der Waals surface area contributed by atoms with Gasteiger partial charge >= 0.3 is 0 Å². The molecule has 122 valence electrons. The Balaban J connectivity index is 1.81. The Labute approximate surface area is 139 Å². The van der Waals surface area contributed by atoms with Gasteiger partial charge in [-0.05, 0) is 37.9 Å². The summed E-state index contributed by atoms with van der Waals surface area (Å²) < 4.78 is 5.52. The van der Waals surface area contributed by atoms with E-state index in [0.29, 0.717) is 19.1 Å². The zero-order chi connectivity index (χ0) is 16.3. The highest BCUT2D eigenvalue weighted by molar-refractivity contribution is 5.16. The molecule has 1 aliphatic heterocycles. The molecule has 1 aromatic heterocycles. The lowest BCUT2D eigenvalue weighted by molar-refractivity contribution is 0.0738. The second-order valence-corrected chi connectivity index (χ2v) is 5.92. The highest BCUT2D eigenvalue weighted by Crippen LogP contribution is 2.29. The summed E-state index contributed by atoms with van der Waals surface area (Å²) in [6.45, 7) is 4.40. The molecular formula is C19H25N3O. The first-order valence-electron chi connectivity index (χ1n) is 8.39. The van der Waals surface area contributed by atoms with Gasteiger partial charge in [0.15, 0.2) is 0 Å². The van der Waals surface area contributed by atoms with Gasteiger partial charge in [0.2, 0.25) is 0 Å². The van der Waals surface area contributed by atoms with E-state index >= 15 is 0 Å². The van der Waals surface area contributed by atoms with Gasteiger partial charge < -0.3 is 4.74 Å². The molecule has 0 N–H and O–H groups in total. The maximum Gasteiger partial charge on any atom is 0.0656 e. The predicted molar refractivity (Wildman–Crippen MR) is 90.4 cm³/mol. The van der Waals surface area contributed by atoms with Gasteiger partial charge in [-0.1, -0.05) is 24.3 Å². The maximum atomic E-state index is 8.49. The Morgan fingerprint density at radius 3 is 3.13 bits per heavy atom. The van der Waals surface area contributed by atoms with Gasteiger partial charge in [0.1, 0.15) is 0 Å². The van der Waals surface area contributed by atoms with Crippen LogP contribution in [0.25, 0.3) is 0 Å². The lowest BCUT2D eigenvalue weighted by Gasteiger charge is -2.34. The van der Waals surface area contributed by atoms with Crippen molar-refractivity contribution in [1.29, 1.82) is 5.26 Å². The summed E-state index contributed by atoms with van der Waals surface area (Å²) >= 11 is 0. The van der Waals surface area contributed by atoms with Crippen LogP contribution in [0.5, 0.6) is 0 Å². The second-order valence-electron chi connectivity index (χ2n) is 5.92. The Hall–Kier alpha value is -1.88. The minimum atomic E-state index is 0.0892. The van der Waals surface area contributed by atoms with Gasteiger partial charge in [-0.3, -0.25) is 9.88 Å². The van der Waals surface area contributed by atoms with Gasteiger partial charge in [-0.15, -0.1) is 0 Å². The molecule has 0 bridgehead atoms. The summed E-state index contributed by atoms with van der Waals surface area (Å²) in [5.74, 6) is 6.50. The van der Waals surface area contributed by atoms with Crippen molar-refractivity contribution in [2.45, 2.75) is 51.2 Å². The molecule has 0 radical (unpaired) electrons. The smallest absolute Gasteiger partial charge is 0.0656 e. The highest BCUT2D eigenvalue weighted by atomic mass is 16.5.